The van der Waals surface area contributed by atoms with E-state index in [-0.39, 0.29) is 24.6 Å². The fourth-order valence-electron chi connectivity index (χ4n) is 2.68. The van der Waals surface area contributed by atoms with Crippen LogP contribution in [0.4, 0.5) is 15.2 Å². The summed E-state index contributed by atoms with van der Waals surface area (Å²) in [5, 5.41) is 13.0. The van der Waals surface area contributed by atoms with E-state index in [0.717, 1.165) is 0 Å². The Morgan fingerprint density at radius 2 is 1.97 bits per heavy atom. The molecule has 3 aromatic rings. The summed E-state index contributed by atoms with van der Waals surface area (Å²) in [5.41, 5.74) is 1.60. The van der Waals surface area contributed by atoms with Crippen LogP contribution >= 0.6 is 11.3 Å². The van der Waals surface area contributed by atoms with Crippen LogP contribution in [-0.4, -0.2) is 36.1 Å². The molecule has 0 spiro atoms. The SMILES string of the molecule is COCCN(C(=O)Cc1ccccc1F)c1nc(-c2ccc([N+](=O)[O-])cc2)cs1. The second-order valence-corrected chi connectivity index (χ2v) is 6.96. The monoisotopic (exact) mass is 415 g/mol. The fourth-order valence-corrected chi connectivity index (χ4v) is 3.56. The molecular weight excluding hydrogens is 397 g/mol. The number of nitrogens with zero attached hydrogens (tertiary/aromatic N) is 3. The van der Waals surface area contributed by atoms with Gasteiger partial charge in [0, 0.05) is 30.2 Å². The van der Waals surface area contributed by atoms with Crippen molar-refractivity contribution < 1.29 is 18.8 Å². The molecule has 0 bridgehead atoms. The topological polar surface area (TPSA) is 85.6 Å². The van der Waals surface area contributed by atoms with Crippen LogP contribution in [-0.2, 0) is 16.0 Å². The lowest BCUT2D eigenvalue weighted by Crippen LogP contribution is -2.35. The maximum absolute atomic E-state index is 13.9. The molecule has 3 rings (SSSR count). The molecule has 0 fully saturated rings. The number of carbonyl (C=O) groups is 1. The summed E-state index contributed by atoms with van der Waals surface area (Å²) in [6, 6.07) is 12.2. The lowest BCUT2D eigenvalue weighted by atomic mass is 10.1. The first-order valence-corrected chi connectivity index (χ1v) is 9.60. The van der Waals surface area contributed by atoms with Crippen LogP contribution in [0, 0.1) is 15.9 Å². The highest BCUT2D eigenvalue weighted by Gasteiger charge is 2.21. The maximum Gasteiger partial charge on any atom is 0.269 e. The molecule has 0 aliphatic heterocycles. The number of carbonyl (C=O) groups excluding carboxylic acids is 1. The van der Waals surface area contributed by atoms with E-state index in [1.807, 2.05) is 0 Å². The maximum atomic E-state index is 13.9. The number of hydrogen-bond acceptors (Lipinski definition) is 6. The number of ether oxygens (including phenoxy) is 1. The summed E-state index contributed by atoms with van der Waals surface area (Å²) in [6.07, 6.45) is -0.0944. The summed E-state index contributed by atoms with van der Waals surface area (Å²) >= 11 is 1.27. The minimum atomic E-state index is -0.468. The van der Waals surface area contributed by atoms with Crippen molar-refractivity contribution in [1.82, 2.24) is 4.98 Å². The molecule has 150 valence electrons. The zero-order chi connectivity index (χ0) is 20.8. The zero-order valence-corrected chi connectivity index (χ0v) is 16.4. The van der Waals surface area contributed by atoms with Gasteiger partial charge in [-0.2, -0.15) is 0 Å². The molecule has 1 amide bonds. The lowest BCUT2D eigenvalue weighted by molar-refractivity contribution is -0.384. The number of aromatic nitrogens is 1. The van der Waals surface area contributed by atoms with Gasteiger partial charge in [0.25, 0.3) is 5.69 Å². The largest absolute Gasteiger partial charge is 0.383 e. The average molecular weight is 415 g/mol. The van der Waals surface area contributed by atoms with Crippen LogP contribution in [0.3, 0.4) is 0 Å². The number of thiazole rings is 1. The summed E-state index contributed by atoms with van der Waals surface area (Å²) in [4.78, 5) is 29.1. The van der Waals surface area contributed by atoms with E-state index in [0.29, 0.717) is 28.6 Å². The van der Waals surface area contributed by atoms with Gasteiger partial charge in [-0.25, -0.2) is 9.37 Å². The van der Waals surface area contributed by atoms with Gasteiger partial charge in [0.05, 0.1) is 30.2 Å². The first-order valence-electron chi connectivity index (χ1n) is 8.72. The van der Waals surface area contributed by atoms with Gasteiger partial charge in [0.2, 0.25) is 5.91 Å². The van der Waals surface area contributed by atoms with Crippen LogP contribution in [0.2, 0.25) is 0 Å². The number of nitro groups is 1. The Labute approximate surface area is 170 Å². The third-order valence-electron chi connectivity index (χ3n) is 4.22. The van der Waals surface area contributed by atoms with Crippen molar-refractivity contribution in [2.45, 2.75) is 6.42 Å². The molecule has 1 aromatic heterocycles. The van der Waals surface area contributed by atoms with Crippen molar-refractivity contribution in [3.63, 3.8) is 0 Å². The minimum absolute atomic E-state index is 0.00834. The first-order chi connectivity index (χ1) is 14.0. The Kier molecular flexibility index (Phi) is 6.63. The molecule has 7 nitrogen and oxygen atoms in total. The van der Waals surface area contributed by atoms with E-state index in [1.165, 1.54) is 41.5 Å². The second-order valence-electron chi connectivity index (χ2n) is 6.13. The number of benzene rings is 2. The Balaban J connectivity index is 1.82. The van der Waals surface area contributed by atoms with Gasteiger partial charge in [-0.3, -0.25) is 19.8 Å². The molecule has 0 N–H and O–H groups in total. The molecule has 0 atom stereocenters. The van der Waals surface area contributed by atoms with E-state index >= 15 is 0 Å². The van der Waals surface area contributed by atoms with Crippen molar-refractivity contribution in [1.29, 1.82) is 0 Å². The predicted octanol–water partition coefficient (Wildman–Crippen LogP) is 4.08. The van der Waals surface area contributed by atoms with Crippen LogP contribution in [0.25, 0.3) is 11.3 Å². The normalized spacial score (nSPS) is 10.7. The summed E-state index contributed by atoms with van der Waals surface area (Å²) in [7, 11) is 1.53. The number of methoxy groups -OCH3 is 1. The van der Waals surface area contributed by atoms with Gasteiger partial charge in [0.1, 0.15) is 5.82 Å². The highest BCUT2D eigenvalue weighted by atomic mass is 32.1. The third kappa shape index (κ3) is 5.01. The molecule has 0 radical (unpaired) electrons. The minimum Gasteiger partial charge on any atom is -0.383 e. The van der Waals surface area contributed by atoms with E-state index in [1.54, 1.807) is 35.7 Å². The standard InChI is InChI=1S/C20H18FN3O4S/c1-28-11-10-23(19(25)12-15-4-2-3-5-17(15)21)20-22-18(13-29-20)14-6-8-16(9-7-14)24(26)27/h2-9,13H,10-12H2,1H3. The predicted molar refractivity (Wildman–Crippen MR) is 109 cm³/mol. The van der Waals surface area contributed by atoms with Crippen LogP contribution in [0.15, 0.2) is 53.9 Å². The Bertz CT molecular complexity index is 1010. The molecule has 9 heteroatoms. The number of non-ortho nitro benzene ring substituents is 1. The van der Waals surface area contributed by atoms with E-state index in [9.17, 15) is 19.3 Å². The van der Waals surface area contributed by atoms with Crippen molar-refractivity contribution >= 4 is 28.1 Å². The van der Waals surface area contributed by atoms with Crippen molar-refractivity contribution in [3.05, 3.63) is 75.4 Å². The number of nitro benzene ring substituents is 1. The lowest BCUT2D eigenvalue weighted by Gasteiger charge is -2.19. The van der Waals surface area contributed by atoms with Gasteiger partial charge in [-0.1, -0.05) is 18.2 Å². The van der Waals surface area contributed by atoms with Gasteiger partial charge in [-0.05, 0) is 23.8 Å². The van der Waals surface area contributed by atoms with Crippen molar-refractivity contribution in [2.75, 3.05) is 25.2 Å². The van der Waals surface area contributed by atoms with Gasteiger partial charge in [-0.15, -0.1) is 11.3 Å². The third-order valence-corrected chi connectivity index (χ3v) is 5.08. The van der Waals surface area contributed by atoms with Crippen molar-refractivity contribution in [3.8, 4) is 11.3 Å². The van der Waals surface area contributed by atoms with Gasteiger partial charge in [0.15, 0.2) is 5.13 Å². The molecule has 2 aromatic carbocycles. The van der Waals surface area contributed by atoms with Gasteiger partial charge >= 0.3 is 0 Å². The number of anilines is 1. The molecule has 0 aliphatic rings. The highest BCUT2D eigenvalue weighted by Crippen LogP contribution is 2.29. The van der Waals surface area contributed by atoms with Crippen LogP contribution in [0.1, 0.15) is 5.56 Å². The van der Waals surface area contributed by atoms with Gasteiger partial charge < -0.3 is 4.74 Å². The molecule has 0 unspecified atom stereocenters. The highest BCUT2D eigenvalue weighted by molar-refractivity contribution is 7.14. The van der Waals surface area contributed by atoms with Crippen LogP contribution < -0.4 is 4.90 Å². The zero-order valence-electron chi connectivity index (χ0n) is 15.6. The smallest absolute Gasteiger partial charge is 0.269 e. The fraction of sp³-hybridized carbons (Fsp3) is 0.200. The number of amides is 1. The second kappa shape index (κ2) is 9.35. The quantitative estimate of drug-likeness (QED) is 0.409. The molecule has 0 saturated carbocycles. The summed E-state index contributed by atoms with van der Waals surface area (Å²) in [5.74, 6) is -0.727. The average Bonchev–Trinajstić information content (AvgIpc) is 3.20. The molecule has 0 saturated heterocycles. The van der Waals surface area contributed by atoms with E-state index in [2.05, 4.69) is 4.98 Å². The Morgan fingerprint density at radius 3 is 2.62 bits per heavy atom. The molecule has 29 heavy (non-hydrogen) atoms. The van der Waals surface area contributed by atoms with E-state index in [4.69, 9.17) is 4.74 Å². The molecule has 1 heterocycles. The molecule has 0 aliphatic carbocycles. The Hall–Kier alpha value is -3.17. The van der Waals surface area contributed by atoms with Crippen molar-refractivity contribution in [2.24, 2.45) is 0 Å². The number of hydrogen-bond donors (Lipinski definition) is 0. The van der Waals surface area contributed by atoms with Crippen LogP contribution in [0.5, 0.6) is 0 Å². The first kappa shape index (κ1) is 20.6. The number of rotatable bonds is 8. The number of halogens is 1. The summed E-state index contributed by atoms with van der Waals surface area (Å²) < 4.78 is 19.0. The summed E-state index contributed by atoms with van der Waals surface area (Å²) in [6.45, 7) is 0.576. The molecular formula is C20H18FN3O4S. The van der Waals surface area contributed by atoms with E-state index < -0.39 is 10.7 Å². The Morgan fingerprint density at radius 1 is 1.24 bits per heavy atom.